The first-order valence-electron chi connectivity index (χ1n) is 8.72. The molecule has 0 amide bonds. The van der Waals surface area contributed by atoms with Crippen molar-refractivity contribution in [1.82, 2.24) is 0 Å². The molecule has 1 saturated heterocycles. The van der Waals surface area contributed by atoms with E-state index >= 15 is 0 Å². The molecule has 1 aliphatic heterocycles. The third-order valence-corrected chi connectivity index (χ3v) is 5.12. The first-order chi connectivity index (χ1) is 9.85. The first-order valence-corrected chi connectivity index (χ1v) is 8.72. The van der Waals surface area contributed by atoms with Gasteiger partial charge >= 0.3 is 0 Å². The summed E-state index contributed by atoms with van der Waals surface area (Å²) >= 11 is 0. The molecule has 2 fully saturated rings. The maximum Gasteiger partial charge on any atom is 0.0873 e. The van der Waals surface area contributed by atoms with Crippen LogP contribution in [0.5, 0.6) is 0 Å². The van der Waals surface area contributed by atoms with Gasteiger partial charge in [0.15, 0.2) is 0 Å². The Labute approximate surface area is 124 Å². The molecule has 1 unspecified atom stereocenters. The molecule has 2 heteroatoms. The zero-order valence-corrected chi connectivity index (χ0v) is 13.3. The van der Waals surface area contributed by atoms with Gasteiger partial charge in [0.1, 0.15) is 0 Å². The van der Waals surface area contributed by atoms with Crippen LogP contribution in [-0.2, 0) is 9.47 Å². The van der Waals surface area contributed by atoms with Crippen molar-refractivity contribution in [2.45, 2.75) is 77.6 Å². The van der Waals surface area contributed by atoms with Gasteiger partial charge in [0.25, 0.3) is 0 Å². The Morgan fingerprint density at radius 1 is 1.15 bits per heavy atom. The van der Waals surface area contributed by atoms with Gasteiger partial charge in [-0.2, -0.15) is 0 Å². The molecule has 1 aliphatic carbocycles. The second-order valence-corrected chi connectivity index (χ2v) is 6.67. The van der Waals surface area contributed by atoms with Crippen LogP contribution in [0.1, 0.15) is 77.6 Å². The Morgan fingerprint density at radius 2 is 2.00 bits per heavy atom. The molecular formula is C18H32O2. The summed E-state index contributed by atoms with van der Waals surface area (Å²) in [6.07, 6.45) is 16.3. The van der Waals surface area contributed by atoms with Gasteiger partial charge in [-0.05, 0) is 68.8 Å². The second kappa shape index (κ2) is 8.71. The SMILES string of the molecule is CCC1(CCCOC=C2CCCCC2)CCCCOC1. The predicted octanol–water partition coefficient (Wildman–Crippen LogP) is 5.23. The van der Waals surface area contributed by atoms with Crippen LogP contribution in [0.3, 0.4) is 0 Å². The van der Waals surface area contributed by atoms with E-state index in [9.17, 15) is 0 Å². The highest BCUT2D eigenvalue weighted by Gasteiger charge is 2.29. The maximum absolute atomic E-state index is 5.80. The van der Waals surface area contributed by atoms with Crippen LogP contribution in [0.2, 0.25) is 0 Å². The molecular weight excluding hydrogens is 248 g/mol. The summed E-state index contributed by atoms with van der Waals surface area (Å²) in [6, 6.07) is 0. The van der Waals surface area contributed by atoms with Crippen molar-refractivity contribution >= 4 is 0 Å². The minimum absolute atomic E-state index is 0.428. The van der Waals surface area contributed by atoms with Gasteiger partial charge in [-0.3, -0.25) is 0 Å². The summed E-state index contributed by atoms with van der Waals surface area (Å²) in [6.45, 7) is 5.12. The summed E-state index contributed by atoms with van der Waals surface area (Å²) in [7, 11) is 0. The predicted molar refractivity (Wildman–Crippen MR) is 83.7 cm³/mol. The van der Waals surface area contributed by atoms with Gasteiger partial charge in [-0.25, -0.2) is 0 Å². The molecule has 2 aliphatic rings. The lowest BCUT2D eigenvalue weighted by Crippen LogP contribution is -2.25. The Hall–Kier alpha value is -0.500. The van der Waals surface area contributed by atoms with E-state index in [-0.39, 0.29) is 0 Å². The highest BCUT2D eigenvalue weighted by Crippen LogP contribution is 2.36. The van der Waals surface area contributed by atoms with Crippen LogP contribution in [0.25, 0.3) is 0 Å². The number of ether oxygens (including phenoxy) is 2. The summed E-state index contributed by atoms with van der Waals surface area (Å²) in [5, 5.41) is 0. The number of hydrogen-bond donors (Lipinski definition) is 0. The summed E-state index contributed by atoms with van der Waals surface area (Å²) in [5.74, 6) is 0. The van der Waals surface area contributed by atoms with Gasteiger partial charge in [-0.1, -0.05) is 19.8 Å². The van der Waals surface area contributed by atoms with E-state index in [1.54, 1.807) is 0 Å². The zero-order chi connectivity index (χ0) is 14.1. The van der Waals surface area contributed by atoms with Gasteiger partial charge in [-0.15, -0.1) is 0 Å². The fraction of sp³-hybridized carbons (Fsp3) is 0.889. The molecule has 1 saturated carbocycles. The maximum atomic E-state index is 5.80. The number of allylic oxidation sites excluding steroid dienone is 1. The van der Waals surface area contributed by atoms with Crippen molar-refractivity contribution in [1.29, 1.82) is 0 Å². The van der Waals surface area contributed by atoms with E-state index in [1.165, 1.54) is 76.2 Å². The van der Waals surface area contributed by atoms with E-state index in [4.69, 9.17) is 9.47 Å². The molecule has 0 bridgehead atoms. The van der Waals surface area contributed by atoms with Crippen molar-refractivity contribution in [3.63, 3.8) is 0 Å². The lowest BCUT2D eigenvalue weighted by molar-refractivity contribution is 0.0462. The molecule has 0 spiro atoms. The standard InChI is InChI=1S/C18H32O2/c1-2-18(11-6-7-13-20-16-18)12-8-14-19-15-17-9-4-3-5-10-17/h15H,2-14,16H2,1H3. The average Bonchev–Trinajstić information content (AvgIpc) is 2.74. The van der Waals surface area contributed by atoms with Crippen molar-refractivity contribution in [2.24, 2.45) is 5.41 Å². The van der Waals surface area contributed by atoms with Crippen LogP contribution < -0.4 is 0 Å². The van der Waals surface area contributed by atoms with E-state index in [0.717, 1.165) is 19.8 Å². The van der Waals surface area contributed by atoms with Crippen molar-refractivity contribution in [2.75, 3.05) is 19.8 Å². The highest BCUT2D eigenvalue weighted by molar-refractivity contribution is 5.00. The molecule has 1 heterocycles. The van der Waals surface area contributed by atoms with Crippen molar-refractivity contribution in [3.05, 3.63) is 11.8 Å². The zero-order valence-electron chi connectivity index (χ0n) is 13.3. The normalized spacial score (nSPS) is 27.9. The van der Waals surface area contributed by atoms with Crippen LogP contribution in [0, 0.1) is 5.41 Å². The lowest BCUT2D eigenvalue weighted by atomic mass is 9.77. The summed E-state index contributed by atoms with van der Waals surface area (Å²) in [4.78, 5) is 0. The van der Waals surface area contributed by atoms with Crippen LogP contribution in [-0.4, -0.2) is 19.8 Å². The minimum Gasteiger partial charge on any atom is -0.501 e. The van der Waals surface area contributed by atoms with E-state index in [0.29, 0.717) is 5.41 Å². The molecule has 2 nitrogen and oxygen atoms in total. The summed E-state index contributed by atoms with van der Waals surface area (Å²) in [5.41, 5.74) is 1.96. The van der Waals surface area contributed by atoms with Crippen LogP contribution in [0.4, 0.5) is 0 Å². The fourth-order valence-corrected chi connectivity index (χ4v) is 3.55. The topological polar surface area (TPSA) is 18.5 Å². The molecule has 0 aromatic carbocycles. The van der Waals surface area contributed by atoms with Gasteiger partial charge in [0.2, 0.25) is 0 Å². The third kappa shape index (κ3) is 5.12. The first kappa shape index (κ1) is 15.9. The van der Waals surface area contributed by atoms with Crippen LogP contribution in [0.15, 0.2) is 11.8 Å². The average molecular weight is 280 g/mol. The van der Waals surface area contributed by atoms with E-state index < -0.39 is 0 Å². The third-order valence-electron chi connectivity index (χ3n) is 5.12. The van der Waals surface area contributed by atoms with E-state index in [2.05, 4.69) is 13.2 Å². The molecule has 1 atom stereocenters. The highest BCUT2D eigenvalue weighted by atomic mass is 16.5. The van der Waals surface area contributed by atoms with Crippen LogP contribution >= 0.6 is 0 Å². The number of hydrogen-bond acceptors (Lipinski definition) is 2. The quantitative estimate of drug-likeness (QED) is 0.490. The monoisotopic (exact) mass is 280 g/mol. The largest absolute Gasteiger partial charge is 0.501 e. The molecule has 116 valence electrons. The van der Waals surface area contributed by atoms with Crippen molar-refractivity contribution in [3.8, 4) is 0 Å². The lowest BCUT2D eigenvalue weighted by Gasteiger charge is -2.30. The Balaban J connectivity index is 1.65. The molecule has 0 aromatic rings. The van der Waals surface area contributed by atoms with Gasteiger partial charge in [0.05, 0.1) is 19.5 Å². The fourth-order valence-electron chi connectivity index (χ4n) is 3.55. The van der Waals surface area contributed by atoms with Gasteiger partial charge in [0, 0.05) is 6.61 Å². The molecule has 0 radical (unpaired) electrons. The van der Waals surface area contributed by atoms with Crippen molar-refractivity contribution < 1.29 is 9.47 Å². The Morgan fingerprint density at radius 3 is 2.80 bits per heavy atom. The molecule has 2 rings (SSSR count). The van der Waals surface area contributed by atoms with Gasteiger partial charge < -0.3 is 9.47 Å². The molecule has 0 N–H and O–H groups in total. The van der Waals surface area contributed by atoms with E-state index in [1.807, 2.05) is 0 Å². The minimum atomic E-state index is 0.428. The molecule has 0 aromatic heterocycles. The Kier molecular flexibility index (Phi) is 6.92. The smallest absolute Gasteiger partial charge is 0.0873 e. The summed E-state index contributed by atoms with van der Waals surface area (Å²) < 4.78 is 11.6. The Bertz CT molecular complexity index is 280. The second-order valence-electron chi connectivity index (χ2n) is 6.67. The number of rotatable bonds is 6. The molecule has 20 heavy (non-hydrogen) atoms.